The molecule has 0 aliphatic rings. The molecule has 2 N–H and O–H groups in total. The topological polar surface area (TPSA) is 43.8 Å². The van der Waals surface area contributed by atoms with Crippen LogP contribution in [0.4, 0.5) is 0 Å². The highest BCUT2D eigenvalue weighted by Crippen LogP contribution is 2.14. The van der Waals surface area contributed by atoms with Crippen LogP contribution < -0.4 is 5.73 Å². The van der Waals surface area contributed by atoms with Crippen LogP contribution in [0.25, 0.3) is 0 Å². The quantitative estimate of drug-likeness (QED) is 0.820. The van der Waals surface area contributed by atoms with E-state index < -0.39 is 0 Å². The first-order chi connectivity index (χ1) is 7.27. The zero-order valence-corrected chi connectivity index (χ0v) is 8.80. The Kier molecular flexibility index (Phi) is 2.83. The van der Waals surface area contributed by atoms with E-state index in [0.29, 0.717) is 0 Å². The summed E-state index contributed by atoms with van der Waals surface area (Å²) in [6, 6.07) is 8.08. The zero-order chi connectivity index (χ0) is 10.7. The summed E-state index contributed by atoms with van der Waals surface area (Å²) in [5.41, 5.74) is 8.43. The van der Waals surface area contributed by atoms with E-state index in [2.05, 4.69) is 15.6 Å². The highest BCUT2D eigenvalue weighted by molar-refractivity contribution is 5.17. The van der Waals surface area contributed by atoms with Gasteiger partial charge >= 0.3 is 0 Å². The van der Waals surface area contributed by atoms with Gasteiger partial charge in [0.1, 0.15) is 0 Å². The molecule has 0 aliphatic heterocycles. The second-order valence-corrected chi connectivity index (χ2v) is 3.71. The predicted molar refractivity (Wildman–Crippen MR) is 60.3 cm³/mol. The van der Waals surface area contributed by atoms with Gasteiger partial charge in [-0.15, -0.1) is 0 Å². The highest BCUT2D eigenvalue weighted by Gasteiger charge is 2.08. The zero-order valence-electron chi connectivity index (χ0n) is 8.80. The summed E-state index contributed by atoms with van der Waals surface area (Å²) in [5, 5.41) is 0. The van der Waals surface area contributed by atoms with Gasteiger partial charge < -0.3 is 10.3 Å². The van der Waals surface area contributed by atoms with E-state index in [1.807, 2.05) is 37.6 Å². The Morgan fingerprint density at radius 2 is 2.27 bits per heavy atom. The van der Waals surface area contributed by atoms with Gasteiger partial charge in [-0.1, -0.05) is 6.07 Å². The minimum Gasteiger partial charge on any atom is -0.354 e. The van der Waals surface area contributed by atoms with Crippen LogP contribution in [0.1, 0.15) is 17.3 Å². The lowest BCUT2D eigenvalue weighted by atomic mass is 10.1. The summed E-state index contributed by atoms with van der Waals surface area (Å²) in [6.07, 6.45) is 6.47. The molecule has 0 spiro atoms. The van der Waals surface area contributed by atoms with Crippen molar-refractivity contribution in [1.82, 2.24) is 9.55 Å². The van der Waals surface area contributed by atoms with Crippen LogP contribution in [-0.4, -0.2) is 9.55 Å². The Labute approximate surface area is 89.6 Å². The molecule has 1 atom stereocenters. The molecule has 2 rings (SSSR count). The Balaban J connectivity index is 2.11. The smallest absolute Gasteiger partial charge is 0.0365 e. The van der Waals surface area contributed by atoms with E-state index in [1.54, 1.807) is 6.20 Å². The average molecular weight is 201 g/mol. The monoisotopic (exact) mass is 201 g/mol. The number of aryl methyl sites for hydroxylation is 1. The molecule has 0 bridgehead atoms. The summed E-state index contributed by atoms with van der Waals surface area (Å²) in [5.74, 6) is 0. The predicted octanol–water partition coefficient (Wildman–Crippen LogP) is 1.66. The van der Waals surface area contributed by atoms with Gasteiger partial charge in [0.25, 0.3) is 0 Å². The number of hydrogen-bond acceptors (Lipinski definition) is 2. The normalized spacial score (nSPS) is 12.7. The van der Waals surface area contributed by atoms with Crippen molar-refractivity contribution >= 4 is 0 Å². The van der Waals surface area contributed by atoms with Crippen molar-refractivity contribution in [3.8, 4) is 0 Å². The minimum atomic E-state index is 0.0206. The first-order valence-electron chi connectivity index (χ1n) is 5.03. The molecule has 2 heterocycles. The lowest BCUT2D eigenvalue weighted by Crippen LogP contribution is -2.15. The standard InChI is InChI=1S/C12H15N3/c1-15-7-3-5-11(15)8-12(13)10-4-2-6-14-9-10/h2-7,9,12H,8,13H2,1H3. The average Bonchev–Trinajstić information content (AvgIpc) is 2.66. The maximum Gasteiger partial charge on any atom is 0.0365 e. The molecule has 0 saturated heterocycles. The summed E-state index contributed by atoms with van der Waals surface area (Å²) in [7, 11) is 2.03. The second kappa shape index (κ2) is 4.28. The van der Waals surface area contributed by atoms with Crippen LogP contribution in [0, 0.1) is 0 Å². The summed E-state index contributed by atoms with van der Waals surface area (Å²) < 4.78 is 2.09. The van der Waals surface area contributed by atoms with Crippen molar-refractivity contribution in [3.63, 3.8) is 0 Å². The van der Waals surface area contributed by atoms with E-state index in [0.717, 1.165) is 12.0 Å². The summed E-state index contributed by atoms with van der Waals surface area (Å²) in [6.45, 7) is 0. The molecule has 0 aromatic carbocycles. The van der Waals surface area contributed by atoms with Crippen LogP contribution in [0.5, 0.6) is 0 Å². The fourth-order valence-corrected chi connectivity index (χ4v) is 1.65. The molecule has 2 aromatic heterocycles. The third kappa shape index (κ3) is 2.25. The van der Waals surface area contributed by atoms with Gasteiger partial charge in [-0.3, -0.25) is 4.98 Å². The fourth-order valence-electron chi connectivity index (χ4n) is 1.65. The van der Waals surface area contributed by atoms with Crippen LogP contribution in [0.15, 0.2) is 42.9 Å². The molecule has 78 valence electrons. The molecule has 2 aromatic rings. The lowest BCUT2D eigenvalue weighted by molar-refractivity contribution is 0.675. The summed E-state index contributed by atoms with van der Waals surface area (Å²) >= 11 is 0. The Morgan fingerprint density at radius 3 is 2.87 bits per heavy atom. The van der Waals surface area contributed by atoms with Crippen molar-refractivity contribution in [2.75, 3.05) is 0 Å². The van der Waals surface area contributed by atoms with Gasteiger partial charge in [0.2, 0.25) is 0 Å². The lowest BCUT2D eigenvalue weighted by Gasteiger charge is -2.11. The van der Waals surface area contributed by atoms with Gasteiger partial charge in [0.05, 0.1) is 0 Å². The number of nitrogens with zero attached hydrogens (tertiary/aromatic N) is 2. The molecule has 0 saturated carbocycles. The van der Waals surface area contributed by atoms with E-state index in [4.69, 9.17) is 5.73 Å². The number of aromatic nitrogens is 2. The SMILES string of the molecule is Cn1cccc1CC(N)c1cccnc1. The number of pyridine rings is 1. The molecule has 3 nitrogen and oxygen atoms in total. The molecule has 0 radical (unpaired) electrons. The minimum absolute atomic E-state index is 0.0206. The first kappa shape index (κ1) is 9.93. The third-order valence-corrected chi connectivity index (χ3v) is 2.59. The fraction of sp³-hybridized carbons (Fsp3) is 0.250. The molecule has 15 heavy (non-hydrogen) atoms. The van der Waals surface area contributed by atoms with Crippen molar-refractivity contribution in [2.24, 2.45) is 12.8 Å². The largest absolute Gasteiger partial charge is 0.354 e. The van der Waals surface area contributed by atoms with Crippen LogP contribution in [-0.2, 0) is 13.5 Å². The number of rotatable bonds is 3. The van der Waals surface area contributed by atoms with Crippen LogP contribution >= 0.6 is 0 Å². The van der Waals surface area contributed by atoms with E-state index >= 15 is 0 Å². The van der Waals surface area contributed by atoms with Gasteiger partial charge in [0, 0.05) is 43.8 Å². The maximum atomic E-state index is 6.10. The van der Waals surface area contributed by atoms with Gasteiger partial charge in [-0.2, -0.15) is 0 Å². The molecule has 0 amide bonds. The van der Waals surface area contributed by atoms with E-state index in [-0.39, 0.29) is 6.04 Å². The maximum absolute atomic E-state index is 6.10. The third-order valence-electron chi connectivity index (χ3n) is 2.59. The Morgan fingerprint density at radius 1 is 1.40 bits per heavy atom. The van der Waals surface area contributed by atoms with Gasteiger partial charge in [0.15, 0.2) is 0 Å². The van der Waals surface area contributed by atoms with Gasteiger partial charge in [-0.05, 0) is 23.8 Å². The Hall–Kier alpha value is -1.61. The van der Waals surface area contributed by atoms with Crippen LogP contribution in [0.3, 0.4) is 0 Å². The summed E-state index contributed by atoms with van der Waals surface area (Å²) in [4.78, 5) is 4.07. The molecule has 0 fully saturated rings. The molecular weight excluding hydrogens is 186 g/mol. The van der Waals surface area contributed by atoms with Crippen LogP contribution in [0.2, 0.25) is 0 Å². The number of nitrogens with two attached hydrogens (primary N) is 1. The Bertz CT molecular complexity index is 419. The molecule has 1 unspecified atom stereocenters. The van der Waals surface area contributed by atoms with Crippen molar-refractivity contribution in [2.45, 2.75) is 12.5 Å². The second-order valence-electron chi connectivity index (χ2n) is 3.71. The highest BCUT2D eigenvalue weighted by atomic mass is 14.9. The number of hydrogen-bond donors (Lipinski definition) is 1. The van der Waals surface area contributed by atoms with Crippen molar-refractivity contribution in [3.05, 3.63) is 54.1 Å². The van der Waals surface area contributed by atoms with Crippen molar-refractivity contribution < 1.29 is 0 Å². The van der Waals surface area contributed by atoms with Gasteiger partial charge in [-0.25, -0.2) is 0 Å². The first-order valence-corrected chi connectivity index (χ1v) is 5.03. The molecule has 0 aliphatic carbocycles. The van der Waals surface area contributed by atoms with E-state index in [1.165, 1.54) is 5.69 Å². The molecular formula is C12H15N3. The molecule has 3 heteroatoms. The van der Waals surface area contributed by atoms with E-state index in [9.17, 15) is 0 Å². The van der Waals surface area contributed by atoms with Crippen molar-refractivity contribution in [1.29, 1.82) is 0 Å².